The van der Waals surface area contributed by atoms with E-state index in [0.717, 1.165) is 22.0 Å². The first kappa shape index (κ1) is 7.37. The maximum Gasteiger partial charge on any atom is 0.0704 e. The Balaban J connectivity index is 2.83. The molecule has 2 aromatic rings. The molecule has 0 atom stereocenters. The van der Waals surface area contributed by atoms with Crippen LogP contribution in [-0.4, -0.2) is 10.1 Å². The van der Waals surface area contributed by atoms with Crippen molar-refractivity contribution in [2.45, 2.75) is 13.5 Å². The third-order valence-corrected chi connectivity index (χ3v) is 2.23. The van der Waals surface area contributed by atoms with E-state index < -0.39 is 0 Å². The quantitative estimate of drug-likeness (QED) is 0.659. The fourth-order valence-corrected chi connectivity index (χ4v) is 1.50. The van der Waals surface area contributed by atoms with Gasteiger partial charge in [0.1, 0.15) is 0 Å². The summed E-state index contributed by atoms with van der Waals surface area (Å²) in [6.07, 6.45) is 1.89. The second-order valence-electron chi connectivity index (χ2n) is 2.96. The van der Waals surface area contributed by atoms with Crippen LogP contribution in [0, 0.1) is 6.92 Å². The fourth-order valence-electron chi connectivity index (χ4n) is 1.50. The fraction of sp³-hybridized carbons (Fsp3) is 0.200. The molecular formula is C10H11NO. The summed E-state index contributed by atoms with van der Waals surface area (Å²) in [5.74, 6) is 0. The predicted octanol–water partition coefficient (Wildman–Crippen LogP) is 1.97. The zero-order chi connectivity index (χ0) is 8.55. The van der Waals surface area contributed by atoms with Gasteiger partial charge in [0.15, 0.2) is 0 Å². The highest BCUT2D eigenvalue weighted by Crippen LogP contribution is 2.20. The Labute approximate surface area is 70.8 Å². The first-order valence-electron chi connectivity index (χ1n) is 3.99. The van der Waals surface area contributed by atoms with Gasteiger partial charge in [0, 0.05) is 11.8 Å². The highest BCUT2D eigenvalue weighted by molar-refractivity contribution is 5.83. The standard InChI is InChI=1S/C10H11NO/c1-7-2-3-8-4-5-11-10(8)9(7)6-12/h2-5,11-12H,6H2,1H3. The summed E-state index contributed by atoms with van der Waals surface area (Å²) in [6.45, 7) is 2.11. The molecule has 2 N–H and O–H groups in total. The molecule has 2 heteroatoms. The number of aliphatic hydroxyl groups excluding tert-OH is 1. The molecule has 0 aliphatic carbocycles. The first-order valence-corrected chi connectivity index (χ1v) is 3.99. The third kappa shape index (κ3) is 0.924. The maximum absolute atomic E-state index is 9.11. The van der Waals surface area contributed by atoms with E-state index in [1.165, 1.54) is 0 Å². The number of hydrogen-bond acceptors (Lipinski definition) is 1. The molecule has 1 aromatic carbocycles. The van der Waals surface area contributed by atoms with Gasteiger partial charge in [-0.25, -0.2) is 0 Å². The minimum Gasteiger partial charge on any atom is -0.392 e. The van der Waals surface area contributed by atoms with Crippen LogP contribution >= 0.6 is 0 Å². The highest BCUT2D eigenvalue weighted by atomic mass is 16.3. The molecule has 1 heterocycles. The lowest BCUT2D eigenvalue weighted by Gasteiger charge is -2.02. The van der Waals surface area contributed by atoms with E-state index in [1.54, 1.807) is 0 Å². The highest BCUT2D eigenvalue weighted by Gasteiger charge is 2.03. The second-order valence-corrected chi connectivity index (χ2v) is 2.96. The zero-order valence-corrected chi connectivity index (χ0v) is 6.96. The van der Waals surface area contributed by atoms with Gasteiger partial charge in [0.2, 0.25) is 0 Å². The van der Waals surface area contributed by atoms with Gasteiger partial charge < -0.3 is 10.1 Å². The minimum atomic E-state index is 0.101. The number of aromatic amines is 1. The molecule has 1 aromatic heterocycles. The molecule has 0 saturated heterocycles. The van der Waals surface area contributed by atoms with Crippen LogP contribution in [0.25, 0.3) is 10.9 Å². The van der Waals surface area contributed by atoms with Gasteiger partial charge in [-0.1, -0.05) is 12.1 Å². The number of aliphatic hydroxyl groups is 1. The summed E-state index contributed by atoms with van der Waals surface area (Å²) in [5.41, 5.74) is 3.18. The van der Waals surface area contributed by atoms with Gasteiger partial charge in [-0.3, -0.25) is 0 Å². The van der Waals surface area contributed by atoms with Gasteiger partial charge in [0.05, 0.1) is 12.1 Å². The Morgan fingerprint density at radius 2 is 2.17 bits per heavy atom. The number of aromatic nitrogens is 1. The van der Waals surface area contributed by atoms with Crippen LogP contribution in [0.5, 0.6) is 0 Å². The molecule has 2 nitrogen and oxygen atoms in total. The summed E-state index contributed by atoms with van der Waals surface area (Å²) >= 11 is 0. The van der Waals surface area contributed by atoms with Crippen LogP contribution in [0.3, 0.4) is 0 Å². The van der Waals surface area contributed by atoms with Crippen molar-refractivity contribution in [1.82, 2.24) is 4.98 Å². The van der Waals surface area contributed by atoms with Crippen LogP contribution in [0.4, 0.5) is 0 Å². The number of fused-ring (bicyclic) bond motifs is 1. The summed E-state index contributed by atoms with van der Waals surface area (Å²) < 4.78 is 0. The molecule has 0 unspecified atom stereocenters. The lowest BCUT2D eigenvalue weighted by atomic mass is 10.1. The van der Waals surface area contributed by atoms with Gasteiger partial charge in [-0.05, 0) is 23.9 Å². The number of nitrogens with one attached hydrogen (secondary N) is 1. The summed E-state index contributed by atoms with van der Waals surface area (Å²) in [4.78, 5) is 3.12. The SMILES string of the molecule is Cc1ccc2cc[nH]c2c1CO. The second kappa shape index (κ2) is 2.64. The normalized spacial score (nSPS) is 10.8. The molecule has 0 aliphatic heterocycles. The molecule has 0 radical (unpaired) electrons. The van der Waals surface area contributed by atoms with E-state index in [1.807, 2.05) is 25.3 Å². The average molecular weight is 161 g/mol. The van der Waals surface area contributed by atoms with Crippen molar-refractivity contribution < 1.29 is 5.11 Å². The summed E-state index contributed by atoms with van der Waals surface area (Å²) in [6, 6.07) is 6.09. The Bertz CT molecular complexity index is 403. The van der Waals surface area contributed by atoms with E-state index >= 15 is 0 Å². The Morgan fingerprint density at radius 3 is 2.92 bits per heavy atom. The number of benzene rings is 1. The molecule has 12 heavy (non-hydrogen) atoms. The van der Waals surface area contributed by atoms with Crippen molar-refractivity contribution in [2.24, 2.45) is 0 Å². The van der Waals surface area contributed by atoms with E-state index in [-0.39, 0.29) is 6.61 Å². The monoisotopic (exact) mass is 161 g/mol. The molecule has 0 fully saturated rings. The van der Waals surface area contributed by atoms with Gasteiger partial charge in [0.25, 0.3) is 0 Å². The van der Waals surface area contributed by atoms with Crippen LogP contribution in [0.1, 0.15) is 11.1 Å². The number of aryl methyl sites for hydroxylation is 1. The minimum absolute atomic E-state index is 0.101. The van der Waals surface area contributed by atoms with Crippen LogP contribution in [0.15, 0.2) is 24.4 Å². The van der Waals surface area contributed by atoms with Crippen molar-refractivity contribution >= 4 is 10.9 Å². The maximum atomic E-state index is 9.11. The lowest BCUT2D eigenvalue weighted by molar-refractivity contribution is 0.282. The predicted molar refractivity (Wildman–Crippen MR) is 49.0 cm³/mol. The van der Waals surface area contributed by atoms with Crippen LogP contribution in [-0.2, 0) is 6.61 Å². The van der Waals surface area contributed by atoms with Crippen molar-refractivity contribution in [2.75, 3.05) is 0 Å². The van der Waals surface area contributed by atoms with Crippen molar-refractivity contribution in [3.8, 4) is 0 Å². The van der Waals surface area contributed by atoms with E-state index in [4.69, 9.17) is 5.11 Å². The van der Waals surface area contributed by atoms with E-state index in [0.29, 0.717) is 0 Å². The summed E-state index contributed by atoms with van der Waals surface area (Å²) in [7, 11) is 0. The van der Waals surface area contributed by atoms with Crippen LogP contribution < -0.4 is 0 Å². The molecule has 0 bridgehead atoms. The largest absolute Gasteiger partial charge is 0.392 e. The first-order chi connectivity index (χ1) is 5.83. The van der Waals surface area contributed by atoms with Crippen LogP contribution in [0.2, 0.25) is 0 Å². The smallest absolute Gasteiger partial charge is 0.0704 e. The third-order valence-electron chi connectivity index (χ3n) is 2.23. The molecule has 0 saturated carbocycles. The van der Waals surface area contributed by atoms with E-state index in [9.17, 15) is 0 Å². The van der Waals surface area contributed by atoms with Crippen molar-refractivity contribution in [1.29, 1.82) is 0 Å². The molecule has 0 spiro atoms. The number of hydrogen-bond donors (Lipinski definition) is 2. The molecule has 0 amide bonds. The van der Waals surface area contributed by atoms with Crippen molar-refractivity contribution in [3.63, 3.8) is 0 Å². The van der Waals surface area contributed by atoms with Gasteiger partial charge in [-0.15, -0.1) is 0 Å². The average Bonchev–Trinajstić information content (AvgIpc) is 2.52. The Hall–Kier alpha value is -1.28. The topological polar surface area (TPSA) is 36.0 Å². The molecule has 62 valence electrons. The van der Waals surface area contributed by atoms with Crippen molar-refractivity contribution in [3.05, 3.63) is 35.5 Å². The number of rotatable bonds is 1. The molecule has 0 aliphatic rings. The molecular weight excluding hydrogens is 150 g/mol. The lowest BCUT2D eigenvalue weighted by Crippen LogP contribution is -1.89. The zero-order valence-electron chi connectivity index (χ0n) is 6.96. The molecule has 2 rings (SSSR count). The summed E-state index contributed by atoms with van der Waals surface area (Å²) in [5, 5.41) is 10.3. The Morgan fingerprint density at radius 1 is 1.33 bits per heavy atom. The van der Waals surface area contributed by atoms with Gasteiger partial charge in [-0.2, -0.15) is 0 Å². The van der Waals surface area contributed by atoms with E-state index in [2.05, 4.69) is 11.1 Å². The Kier molecular flexibility index (Phi) is 1.62. The number of H-pyrrole nitrogens is 1. The van der Waals surface area contributed by atoms with Gasteiger partial charge >= 0.3 is 0 Å².